The third kappa shape index (κ3) is 5.82. The molecule has 4 rings (SSSR count). The number of nitrogens with one attached hydrogen (secondary N) is 1. The highest BCUT2D eigenvalue weighted by Gasteiger charge is 2.17. The maximum absolute atomic E-state index is 12.5. The van der Waals surface area contributed by atoms with Gasteiger partial charge in [0.1, 0.15) is 0 Å². The van der Waals surface area contributed by atoms with E-state index in [-0.39, 0.29) is 17.4 Å². The summed E-state index contributed by atoms with van der Waals surface area (Å²) in [5.74, 6) is 0.799. The minimum absolute atomic E-state index is 0.0316. The minimum atomic E-state index is -0.299. The number of benzene rings is 3. The van der Waals surface area contributed by atoms with E-state index in [0.717, 1.165) is 11.3 Å². The standard InChI is InChI=1S/C25H22ClN5O3S/c1-16(18-8-13-21(32)22(14-18)34-2)27-28-23(33)15-35-25-30-29-24(17-6-4-3-5-7-17)31(25)20-11-9-19(26)10-12-20/h3-14,32H,15H2,1-2H3,(H,28,33)/b27-16+. The van der Waals surface area contributed by atoms with Crippen LogP contribution in [0.2, 0.25) is 5.02 Å². The topological polar surface area (TPSA) is 102 Å². The molecule has 0 atom stereocenters. The second-order valence-corrected chi connectivity index (χ2v) is 8.77. The lowest BCUT2D eigenvalue weighted by atomic mass is 10.1. The fourth-order valence-corrected chi connectivity index (χ4v) is 4.11. The SMILES string of the molecule is COc1cc(/C(C)=N/NC(=O)CSc2nnc(-c3ccccc3)n2-c2ccc(Cl)cc2)ccc1O. The maximum Gasteiger partial charge on any atom is 0.250 e. The zero-order chi connectivity index (χ0) is 24.8. The zero-order valence-electron chi connectivity index (χ0n) is 19.0. The van der Waals surface area contributed by atoms with E-state index < -0.39 is 0 Å². The first-order chi connectivity index (χ1) is 17.0. The Hall–Kier alpha value is -3.82. The molecule has 35 heavy (non-hydrogen) atoms. The molecule has 2 N–H and O–H groups in total. The first-order valence-electron chi connectivity index (χ1n) is 10.6. The summed E-state index contributed by atoms with van der Waals surface area (Å²) in [7, 11) is 1.47. The van der Waals surface area contributed by atoms with Gasteiger partial charge in [-0.2, -0.15) is 5.10 Å². The number of ether oxygens (including phenoxy) is 1. The predicted octanol–water partition coefficient (Wildman–Crippen LogP) is 4.93. The molecule has 3 aromatic carbocycles. The summed E-state index contributed by atoms with van der Waals surface area (Å²) in [6, 6.07) is 21.9. The first-order valence-corrected chi connectivity index (χ1v) is 11.9. The maximum atomic E-state index is 12.5. The molecule has 0 aliphatic rings. The number of aromatic nitrogens is 3. The summed E-state index contributed by atoms with van der Waals surface area (Å²) in [4.78, 5) is 12.5. The Morgan fingerprint density at radius 1 is 1.11 bits per heavy atom. The number of amides is 1. The summed E-state index contributed by atoms with van der Waals surface area (Å²) in [5, 5.41) is 23.8. The minimum Gasteiger partial charge on any atom is -0.504 e. The van der Waals surface area contributed by atoms with Crippen LogP contribution in [0, 0.1) is 0 Å². The van der Waals surface area contributed by atoms with E-state index >= 15 is 0 Å². The van der Waals surface area contributed by atoms with Gasteiger partial charge in [-0.05, 0) is 49.4 Å². The van der Waals surface area contributed by atoms with Crippen molar-refractivity contribution in [1.82, 2.24) is 20.2 Å². The number of hydrogen-bond acceptors (Lipinski definition) is 7. The monoisotopic (exact) mass is 507 g/mol. The van der Waals surface area contributed by atoms with Gasteiger partial charge in [0.15, 0.2) is 22.5 Å². The Kier molecular flexibility index (Phi) is 7.69. The van der Waals surface area contributed by atoms with Crippen molar-refractivity contribution < 1.29 is 14.6 Å². The van der Waals surface area contributed by atoms with Crippen LogP contribution in [-0.4, -0.2) is 44.4 Å². The van der Waals surface area contributed by atoms with E-state index in [4.69, 9.17) is 16.3 Å². The van der Waals surface area contributed by atoms with Gasteiger partial charge in [-0.15, -0.1) is 10.2 Å². The number of hydrogen-bond donors (Lipinski definition) is 2. The van der Waals surface area contributed by atoms with Gasteiger partial charge in [0.25, 0.3) is 5.91 Å². The third-order valence-electron chi connectivity index (χ3n) is 5.03. The number of phenolic OH excluding ortho intramolecular Hbond substituents is 1. The number of hydrazone groups is 1. The molecule has 0 aliphatic carbocycles. The van der Waals surface area contributed by atoms with Crippen LogP contribution in [0.25, 0.3) is 17.1 Å². The van der Waals surface area contributed by atoms with Crippen molar-refractivity contribution in [2.45, 2.75) is 12.1 Å². The van der Waals surface area contributed by atoms with Crippen LogP contribution in [0.1, 0.15) is 12.5 Å². The van der Waals surface area contributed by atoms with Crippen LogP contribution in [0.5, 0.6) is 11.5 Å². The highest BCUT2D eigenvalue weighted by atomic mass is 35.5. The lowest BCUT2D eigenvalue weighted by Crippen LogP contribution is -2.21. The number of nitrogens with zero attached hydrogens (tertiary/aromatic N) is 4. The Morgan fingerprint density at radius 2 is 1.86 bits per heavy atom. The Balaban J connectivity index is 1.50. The molecular formula is C25H22ClN5O3S. The van der Waals surface area contributed by atoms with Crippen molar-refractivity contribution in [3.63, 3.8) is 0 Å². The van der Waals surface area contributed by atoms with Crippen LogP contribution >= 0.6 is 23.4 Å². The zero-order valence-corrected chi connectivity index (χ0v) is 20.5. The molecule has 4 aromatic rings. The van der Waals surface area contributed by atoms with Crippen molar-refractivity contribution in [3.8, 4) is 28.6 Å². The number of phenols is 1. The van der Waals surface area contributed by atoms with Crippen LogP contribution in [0.3, 0.4) is 0 Å². The highest BCUT2D eigenvalue weighted by molar-refractivity contribution is 7.99. The van der Waals surface area contributed by atoms with Gasteiger partial charge in [0.05, 0.1) is 18.6 Å². The number of methoxy groups -OCH3 is 1. The predicted molar refractivity (Wildman–Crippen MR) is 138 cm³/mol. The smallest absolute Gasteiger partial charge is 0.250 e. The molecule has 0 spiro atoms. The molecule has 0 bridgehead atoms. The lowest BCUT2D eigenvalue weighted by Gasteiger charge is -2.10. The summed E-state index contributed by atoms with van der Waals surface area (Å²) in [5.41, 5.74) is 5.56. The second-order valence-electron chi connectivity index (χ2n) is 7.39. The molecule has 0 aliphatic heterocycles. The van der Waals surface area contributed by atoms with Crippen LogP contribution in [0.4, 0.5) is 0 Å². The van der Waals surface area contributed by atoms with Crippen molar-refractivity contribution >= 4 is 35.0 Å². The molecule has 1 amide bonds. The second kappa shape index (κ2) is 11.1. The summed E-state index contributed by atoms with van der Waals surface area (Å²) in [6.45, 7) is 1.75. The van der Waals surface area contributed by atoms with E-state index in [9.17, 15) is 9.90 Å². The molecule has 1 aromatic heterocycles. The number of halogens is 1. The Morgan fingerprint density at radius 3 is 2.57 bits per heavy atom. The van der Waals surface area contributed by atoms with Gasteiger partial charge in [0.2, 0.25) is 0 Å². The molecule has 10 heteroatoms. The number of thioether (sulfide) groups is 1. The molecular weight excluding hydrogens is 486 g/mol. The molecule has 1 heterocycles. The largest absolute Gasteiger partial charge is 0.504 e. The summed E-state index contributed by atoms with van der Waals surface area (Å²) in [6.07, 6.45) is 0. The van der Waals surface area contributed by atoms with E-state index in [2.05, 4.69) is 20.7 Å². The van der Waals surface area contributed by atoms with Gasteiger partial charge in [-0.25, -0.2) is 5.43 Å². The van der Waals surface area contributed by atoms with Gasteiger partial charge < -0.3 is 9.84 Å². The third-order valence-corrected chi connectivity index (χ3v) is 6.21. The molecule has 8 nitrogen and oxygen atoms in total. The van der Waals surface area contributed by atoms with Crippen LogP contribution in [0.15, 0.2) is 83.1 Å². The fourth-order valence-electron chi connectivity index (χ4n) is 3.24. The first kappa shape index (κ1) is 24.3. The van der Waals surface area contributed by atoms with Crippen LogP contribution < -0.4 is 10.2 Å². The Bertz CT molecular complexity index is 1360. The Labute approximate surface area is 211 Å². The van der Waals surface area contributed by atoms with Crippen molar-refractivity contribution in [2.75, 3.05) is 12.9 Å². The molecule has 0 radical (unpaired) electrons. The van der Waals surface area contributed by atoms with Crippen molar-refractivity contribution in [3.05, 3.63) is 83.4 Å². The van der Waals surface area contributed by atoms with Crippen LogP contribution in [-0.2, 0) is 4.79 Å². The molecule has 0 fully saturated rings. The fraction of sp³-hybridized carbons (Fsp3) is 0.120. The number of carbonyl (C=O) groups is 1. The van der Waals surface area contributed by atoms with E-state index in [1.807, 2.05) is 47.0 Å². The van der Waals surface area contributed by atoms with Crippen molar-refractivity contribution in [2.24, 2.45) is 5.10 Å². The molecule has 0 saturated heterocycles. The lowest BCUT2D eigenvalue weighted by molar-refractivity contribution is -0.118. The average Bonchev–Trinajstić information content (AvgIpc) is 3.31. The van der Waals surface area contributed by atoms with Crippen molar-refractivity contribution in [1.29, 1.82) is 0 Å². The average molecular weight is 508 g/mol. The number of rotatable bonds is 8. The molecule has 178 valence electrons. The molecule has 0 unspecified atom stereocenters. The summed E-state index contributed by atoms with van der Waals surface area (Å²) >= 11 is 7.32. The van der Waals surface area contributed by atoms with Gasteiger partial charge >= 0.3 is 0 Å². The van der Waals surface area contributed by atoms with E-state index in [1.165, 1.54) is 24.9 Å². The summed E-state index contributed by atoms with van der Waals surface area (Å²) < 4.78 is 7.01. The molecule has 0 saturated carbocycles. The number of carbonyl (C=O) groups excluding carboxylic acids is 1. The van der Waals surface area contributed by atoms with Gasteiger partial charge in [-0.3, -0.25) is 9.36 Å². The normalized spacial score (nSPS) is 11.3. The van der Waals surface area contributed by atoms with Gasteiger partial charge in [-0.1, -0.05) is 53.7 Å². The van der Waals surface area contributed by atoms with E-state index in [1.54, 1.807) is 31.2 Å². The highest BCUT2D eigenvalue weighted by Crippen LogP contribution is 2.29. The van der Waals surface area contributed by atoms with E-state index in [0.29, 0.717) is 33.0 Å². The number of aromatic hydroxyl groups is 1. The quantitative estimate of drug-likeness (QED) is 0.199. The van der Waals surface area contributed by atoms with Gasteiger partial charge in [0, 0.05) is 21.8 Å².